The van der Waals surface area contributed by atoms with Gasteiger partial charge in [-0.1, -0.05) is 13.8 Å². The molecule has 1 aliphatic rings. The highest BCUT2D eigenvalue weighted by atomic mass is 15.2. The van der Waals surface area contributed by atoms with Gasteiger partial charge in [0.05, 0.1) is 11.3 Å². The van der Waals surface area contributed by atoms with Crippen LogP contribution in [0.2, 0.25) is 0 Å². The molecule has 0 unspecified atom stereocenters. The van der Waals surface area contributed by atoms with Crippen molar-refractivity contribution in [1.29, 1.82) is 5.26 Å². The topological polar surface area (TPSA) is 53.0 Å². The van der Waals surface area contributed by atoms with Crippen LogP contribution in [-0.2, 0) is 0 Å². The van der Waals surface area contributed by atoms with Crippen molar-refractivity contribution in [2.24, 2.45) is 5.92 Å². The molecule has 2 N–H and O–H groups in total. The van der Waals surface area contributed by atoms with Gasteiger partial charge in [0.25, 0.3) is 0 Å². The highest BCUT2D eigenvalue weighted by Crippen LogP contribution is 2.34. The standard InChI is InChI=1S/C14H19N3/c1-10(2)9-17(13-4-5-13)14-6-3-12(16)7-11(14)8-15/h3,6-7,10,13H,4-5,9,16H2,1-2H3. The molecule has 3 heteroatoms. The number of benzene rings is 1. The van der Waals surface area contributed by atoms with Crippen molar-refractivity contribution in [2.45, 2.75) is 32.7 Å². The van der Waals surface area contributed by atoms with Crippen molar-refractivity contribution < 1.29 is 0 Å². The Hall–Kier alpha value is -1.69. The van der Waals surface area contributed by atoms with E-state index in [4.69, 9.17) is 5.73 Å². The first kappa shape index (κ1) is 11.8. The SMILES string of the molecule is CC(C)CN(c1ccc(N)cc1C#N)C1CC1. The van der Waals surface area contributed by atoms with Gasteiger partial charge in [-0.25, -0.2) is 0 Å². The van der Waals surface area contributed by atoms with Crippen LogP contribution in [0.15, 0.2) is 18.2 Å². The van der Waals surface area contributed by atoms with Gasteiger partial charge < -0.3 is 10.6 Å². The van der Waals surface area contributed by atoms with Crippen LogP contribution in [0.5, 0.6) is 0 Å². The maximum Gasteiger partial charge on any atom is 0.101 e. The van der Waals surface area contributed by atoms with Crippen molar-refractivity contribution in [3.05, 3.63) is 23.8 Å². The predicted octanol–water partition coefficient (Wildman–Crippen LogP) is 2.77. The van der Waals surface area contributed by atoms with Crippen molar-refractivity contribution in [3.63, 3.8) is 0 Å². The van der Waals surface area contributed by atoms with E-state index in [0.717, 1.165) is 12.2 Å². The molecule has 0 aromatic heterocycles. The summed E-state index contributed by atoms with van der Waals surface area (Å²) in [7, 11) is 0. The smallest absolute Gasteiger partial charge is 0.101 e. The monoisotopic (exact) mass is 229 g/mol. The second-order valence-electron chi connectivity index (χ2n) is 5.17. The molecular formula is C14H19N3. The number of rotatable bonds is 4. The van der Waals surface area contributed by atoms with Crippen LogP contribution in [0, 0.1) is 17.2 Å². The molecule has 90 valence electrons. The lowest BCUT2D eigenvalue weighted by molar-refractivity contribution is 0.607. The molecule has 0 atom stereocenters. The minimum absolute atomic E-state index is 0.597. The summed E-state index contributed by atoms with van der Waals surface area (Å²) >= 11 is 0. The van der Waals surface area contributed by atoms with Gasteiger partial charge >= 0.3 is 0 Å². The molecule has 1 aromatic rings. The van der Waals surface area contributed by atoms with Crippen LogP contribution < -0.4 is 10.6 Å². The zero-order chi connectivity index (χ0) is 12.4. The van der Waals surface area contributed by atoms with Crippen LogP contribution >= 0.6 is 0 Å². The van der Waals surface area contributed by atoms with Gasteiger partial charge in [0.2, 0.25) is 0 Å². The molecule has 0 bridgehead atoms. The zero-order valence-corrected chi connectivity index (χ0v) is 10.5. The quantitative estimate of drug-likeness (QED) is 0.808. The molecule has 0 spiro atoms. The van der Waals surface area contributed by atoms with Crippen LogP contribution in [0.4, 0.5) is 11.4 Å². The Kier molecular flexibility index (Phi) is 3.23. The Labute approximate surface area is 103 Å². The van der Waals surface area contributed by atoms with E-state index in [1.807, 2.05) is 12.1 Å². The summed E-state index contributed by atoms with van der Waals surface area (Å²) in [5, 5.41) is 9.20. The fourth-order valence-corrected chi connectivity index (χ4v) is 2.12. The Morgan fingerprint density at radius 3 is 2.71 bits per heavy atom. The zero-order valence-electron chi connectivity index (χ0n) is 10.5. The number of nitrogen functional groups attached to an aromatic ring is 1. The van der Waals surface area contributed by atoms with E-state index in [-0.39, 0.29) is 0 Å². The molecule has 1 fully saturated rings. The molecule has 0 saturated heterocycles. The summed E-state index contributed by atoms with van der Waals surface area (Å²) in [5.74, 6) is 0.597. The highest BCUT2D eigenvalue weighted by molar-refractivity contribution is 5.65. The van der Waals surface area contributed by atoms with E-state index in [0.29, 0.717) is 23.2 Å². The van der Waals surface area contributed by atoms with Crippen LogP contribution in [0.3, 0.4) is 0 Å². The first-order valence-electron chi connectivity index (χ1n) is 6.18. The van der Waals surface area contributed by atoms with Gasteiger partial charge in [-0.05, 0) is 37.0 Å². The third kappa shape index (κ3) is 2.71. The molecule has 0 heterocycles. The predicted molar refractivity (Wildman–Crippen MR) is 70.8 cm³/mol. The third-order valence-electron chi connectivity index (χ3n) is 3.00. The van der Waals surface area contributed by atoms with E-state index in [1.165, 1.54) is 12.8 Å². The lowest BCUT2D eigenvalue weighted by atomic mass is 10.1. The van der Waals surface area contributed by atoms with Gasteiger partial charge in [0, 0.05) is 18.3 Å². The van der Waals surface area contributed by atoms with Crippen LogP contribution in [-0.4, -0.2) is 12.6 Å². The first-order valence-corrected chi connectivity index (χ1v) is 6.18. The summed E-state index contributed by atoms with van der Waals surface area (Å²) in [6.07, 6.45) is 2.48. The Balaban J connectivity index is 2.32. The summed E-state index contributed by atoms with van der Waals surface area (Å²) < 4.78 is 0. The minimum Gasteiger partial charge on any atom is -0.399 e. The fourth-order valence-electron chi connectivity index (χ4n) is 2.12. The van der Waals surface area contributed by atoms with Crippen LogP contribution in [0.1, 0.15) is 32.3 Å². The molecular weight excluding hydrogens is 210 g/mol. The number of nitrogens with two attached hydrogens (primary N) is 1. The van der Waals surface area contributed by atoms with E-state index < -0.39 is 0 Å². The van der Waals surface area contributed by atoms with E-state index >= 15 is 0 Å². The Morgan fingerprint density at radius 1 is 1.47 bits per heavy atom. The fraction of sp³-hybridized carbons (Fsp3) is 0.500. The van der Waals surface area contributed by atoms with Gasteiger partial charge in [-0.3, -0.25) is 0 Å². The molecule has 1 aliphatic carbocycles. The largest absolute Gasteiger partial charge is 0.399 e. The average Bonchev–Trinajstić information content (AvgIpc) is 3.09. The van der Waals surface area contributed by atoms with Gasteiger partial charge in [0.15, 0.2) is 0 Å². The third-order valence-corrected chi connectivity index (χ3v) is 3.00. The lowest BCUT2D eigenvalue weighted by Gasteiger charge is -2.27. The molecule has 0 aliphatic heterocycles. The Morgan fingerprint density at radius 2 is 2.18 bits per heavy atom. The summed E-state index contributed by atoms with van der Waals surface area (Å²) in [6.45, 7) is 5.42. The maximum atomic E-state index is 9.20. The van der Waals surface area contributed by atoms with Gasteiger partial charge in [-0.15, -0.1) is 0 Å². The summed E-state index contributed by atoms with van der Waals surface area (Å²) in [6, 6.07) is 8.50. The average molecular weight is 229 g/mol. The molecule has 0 amide bonds. The number of hydrogen-bond donors (Lipinski definition) is 1. The molecule has 0 radical (unpaired) electrons. The number of hydrogen-bond acceptors (Lipinski definition) is 3. The van der Waals surface area contributed by atoms with Gasteiger partial charge in [0.1, 0.15) is 6.07 Å². The number of nitriles is 1. The summed E-state index contributed by atoms with van der Waals surface area (Å²) in [4.78, 5) is 2.36. The second-order valence-corrected chi connectivity index (χ2v) is 5.17. The maximum absolute atomic E-state index is 9.20. The minimum atomic E-state index is 0.597. The number of nitrogens with zero attached hydrogens (tertiary/aromatic N) is 2. The van der Waals surface area contributed by atoms with Crippen molar-refractivity contribution >= 4 is 11.4 Å². The molecule has 17 heavy (non-hydrogen) atoms. The van der Waals surface area contributed by atoms with Crippen molar-refractivity contribution in [1.82, 2.24) is 0 Å². The van der Waals surface area contributed by atoms with E-state index in [1.54, 1.807) is 6.07 Å². The molecule has 1 aromatic carbocycles. The van der Waals surface area contributed by atoms with E-state index in [9.17, 15) is 5.26 Å². The molecule has 1 saturated carbocycles. The highest BCUT2D eigenvalue weighted by Gasteiger charge is 2.30. The summed E-state index contributed by atoms with van der Waals surface area (Å²) in [5.41, 5.74) is 8.12. The van der Waals surface area contributed by atoms with Crippen LogP contribution in [0.25, 0.3) is 0 Å². The van der Waals surface area contributed by atoms with Crippen molar-refractivity contribution in [2.75, 3.05) is 17.2 Å². The van der Waals surface area contributed by atoms with Gasteiger partial charge in [-0.2, -0.15) is 5.26 Å². The number of anilines is 2. The molecule has 2 rings (SSSR count). The Bertz CT molecular complexity index is 441. The van der Waals surface area contributed by atoms with Crippen molar-refractivity contribution in [3.8, 4) is 6.07 Å². The lowest BCUT2D eigenvalue weighted by Crippen LogP contribution is -2.30. The normalized spacial score (nSPS) is 14.7. The molecule has 3 nitrogen and oxygen atoms in total. The first-order chi connectivity index (χ1) is 8.11. The van der Waals surface area contributed by atoms with E-state index in [2.05, 4.69) is 24.8 Å². The second kappa shape index (κ2) is 4.67.